The van der Waals surface area contributed by atoms with Gasteiger partial charge in [0.1, 0.15) is 5.82 Å². The molecule has 2 amide bonds. The van der Waals surface area contributed by atoms with E-state index in [1.54, 1.807) is 0 Å². The standard InChI is InChI=1S/C14H7BrClN3O5/c15-6-1-4(14(23)24)2-7(16)10(6)19-8(20)3-5-9(11(19)17)13(22)18-12(5)21/h1-3H,17H2,(H,23,24)(H,18,21,22). The highest BCUT2D eigenvalue weighted by molar-refractivity contribution is 9.10. The van der Waals surface area contributed by atoms with Crippen molar-refractivity contribution in [2.24, 2.45) is 0 Å². The Kier molecular flexibility index (Phi) is 3.69. The highest BCUT2D eigenvalue weighted by atomic mass is 79.9. The third kappa shape index (κ3) is 2.29. The number of halogens is 2. The molecule has 1 aliphatic heterocycles. The van der Waals surface area contributed by atoms with E-state index in [0.29, 0.717) is 0 Å². The summed E-state index contributed by atoms with van der Waals surface area (Å²) in [6.07, 6.45) is 0. The van der Waals surface area contributed by atoms with Gasteiger partial charge in [0, 0.05) is 10.5 Å². The van der Waals surface area contributed by atoms with Gasteiger partial charge in [-0.3, -0.25) is 24.3 Å². The molecular formula is C14H7BrClN3O5. The van der Waals surface area contributed by atoms with E-state index in [1.165, 1.54) is 6.07 Å². The predicted octanol–water partition coefficient (Wildman–Crippen LogP) is 1.42. The van der Waals surface area contributed by atoms with Crippen LogP contribution in [0.5, 0.6) is 0 Å². The molecule has 0 unspecified atom stereocenters. The number of pyridine rings is 1. The summed E-state index contributed by atoms with van der Waals surface area (Å²) in [6, 6.07) is 3.36. The molecule has 1 aliphatic rings. The Bertz CT molecular complexity index is 991. The summed E-state index contributed by atoms with van der Waals surface area (Å²) in [6.45, 7) is 0. The summed E-state index contributed by atoms with van der Waals surface area (Å²) < 4.78 is 1.13. The second-order valence-corrected chi connectivity index (χ2v) is 6.13. The van der Waals surface area contributed by atoms with E-state index in [9.17, 15) is 19.2 Å². The van der Waals surface area contributed by atoms with Crippen molar-refractivity contribution in [3.8, 4) is 5.69 Å². The molecule has 0 bridgehead atoms. The Balaban J connectivity index is 2.36. The van der Waals surface area contributed by atoms with Gasteiger partial charge in [-0.1, -0.05) is 11.6 Å². The average Bonchev–Trinajstić information content (AvgIpc) is 2.75. The fraction of sp³-hybridized carbons (Fsp3) is 0. The number of anilines is 1. The largest absolute Gasteiger partial charge is 0.478 e. The number of nitrogens with zero attached hydrogens (tertiary/aromatic N) is 1. The summed E-state index contributed by atoms with van der Waals surface area (Å²) in [5.74, 6) is -2.91. The molecule has 0 radical (unpaired) electrons. The van der Waals surface area contributed by atoms with Crippen LogP contribution >= 0.6 is 27.5 Å². The second kappa shape index (κ2) is 5.46. The molecule has 24 heavy (non-hydrogen) atoms. The van der Waals surface area contributed by atoms with Gasteiger partial charge in [-0.25, -0.2) is 4.79 Å². The Morgan fingerprint density at radius 1 is 1.21 bits per heavy atom. The number of hydrogen-bond donors (Lipinski definition) is 3. The number of carboxylic acids is 1. The van der Waals surface area contributed by atoms with Gasteiger partial charge in [-0.2, -0.15) is 0 Å². The maximum Gasteiger partial charge on any atom is 0.335 e. The van der Waals surface area contributed by atoms with Crippen LogP contribution < -0.4 is 16.6 Å². The first kappa shape index (κ1) is 16.2. The molecule has 0 atom stereocenters. The van der Waals surface area contributed by atoms with Crippen LogP contribution in [-0.4, -0.2) is 27.5 Å². The lowest BCUT2D eigenvalue weighted by molar-refractivity contribution is 0.0696. The Morgan fingerprint density at radius 2 is 1.88 bits per heavy atom. The second-order valence-electron chi connectivity index (χ2n) is 4.87. The van der Waals surface area contributed by atoms with E-state index in [4.69, 9.17) is 22.4 Å². The molecule has 1 aromatic heterocycles. The van der Waals surface area contributed by atoms with Gasteiger partial charge in [0.05, 0.1) is 27.4 Å². The van der Waals surface area contributed by atoms with Crippen molar-refractivity contribution in [3.63, 3.8) is 0 Å². The molecule has 0 saturated carbocycles. The van der Waals surface area contributed by atoms with Crippen LogP contribution in [0.4, 0.5) is 5.82 Å². The smallest absolute Gasteiger partial charge is 0.335 e. The van der Waals surface area contributed by atoms with Crippen molar-refractivity contribution in [3.05, 3.63) is 54.7 Å². The number of carbonyl (C=O) groups excluding carboxylic acids is 2. The molecule has 1 aromatic carbocycles. The molecule has 3 rings (SSSR count). The van der Waals surface area contributed by atoms with Gasteiger partial charge in [0.25, 0.3) is 17.4 Å². The van der Waals surface area contributed by atoms with E-state index < -0.39 is 23.3 Å². The molecular weight excluding hydrogens is 406 g/mol. The summed E-state index contributed by atoms with van der Waals surface area (Å²) in [7, 11) is 0. The number of hydrogen-bond acceptors (Lipinski definition) is 5. The maximum atomic E-state index is 12.4. The highest BCUT2D eigenvalue weighted by Gasteiger charge is 2.32. The van der Waals surface area contributed by atoms with Crippen LogP contribution in [0.2, 0.25) is 5.02 Å². The van der Waals surface area contributed by atoms with Gasteiger partial charge in [-0.05, 0) is 28.1 Å². The molecule has 0 spiro atoms. The number of nitrogens with two attached hydrogens (primary N) is 1. The molecule has 0 saturated heterocycles. The first-order valence-electron chi connectivity index (χ1n) is 6.36. The van der Waals surface area contributed by atoms with E-state index in [0.717, 1.165) is 16.7 Å². The van der Waals surface area contributed by atoms with Gasteiger partial charge in [0.2, 0.25) is 0 Å². The maximum absolute atomic E-state index is 12.4. The normalized spacial score (nSPS) is 12.9. The summed E-state index contributed by atoms with van der Waals surface area (Å²) in [4.78, 5) is 46.9. The van der Waals surface area contributed by atoms with Crippen LogP contribution in [0.15, 0.2) is 27.5 Å². The molecule has 10 heteroatoms. The number of aromatic carboxylic acids is 1. The van der Waals surface area contributed by atoms with Crippen LogP contribution in [0, 0.1) is 0 Å². The number of carbonyl (C=O) groups is 3. The third-order valence-electron chi connectivity index (χ3n) is 3.44. The highest BCUT2D eigenvalue weighted by Crippen LogP contribution is 2.33. The molecule has 0 aliphatic carbocycles. The lowest BCUT2D eigenvalue weighted by Gasteiger charge is -2.15. The minimum absolute atomic E-state index is 0.0686. The van der Waals surface area contributed by atoms with E-state index in [1.807, 2.05) is 5.32 Å². The summed E-state index contributed by atoms with van der Waals surface area (Å²) in [5, 5.41) is 11.0. The van der Waals surface area contributed by atoms with Gasteiger partial charge >= 0.3 is 5.97 Å². The minimum atomic E-state index is -1.21. The first-order chi connectivity index (χ1) is 11.2. The van der Waals surface area contributed by atoms with E-state index in [2.05, 4.69) is 15.9 Å². The minimum Gasteiger partial charge on any atom is -0.478 e. The Morgan fingerprint density at radius 3 is 2.46 bits per heavy atom. The van der Waals surface area contributed by atoms with Crippen molar-refractivity contribution in [2.45, 2.75) is 0 Å². The van der Waals surface area contributed by atoms with Crippen LogP contribution in [0.25, 0.3) is 5.69 Å². The quantitative estimate of drug-likeness (QED) is 0.639. The van der Waals surface area contributed by atoms with E-state index in [-0.39, 0.29) is 37.7 Å². The van der Waals surface area contributed by atoms with Crippen molar-refractivity contribution >= 4 is 51.1 Å². The van der Waals surface area contributed by atoms with Crippen LogP contribution in [0.1, 0.15) is 31.1 Å². The lowest BCUT2D eigenvalue weighted by atomic mass is 10.1. The van der Waals surface area contributed by atoms with E-state index >= 15 is 0 Å². The van der Waals surface area contributed by atoms with Gasteiger partial charge < -0.3 is 10.8 Å². The van der Waals surface area contributed by atoms with Gasteiger partial charge in [-0.15, -0.1) is 0 Å². The number of imide groups is 1. The fourth-order valence-corrected chi connectivity index (χ4v) is 3.47. The zero-order valence-corrected chi connectivity index (χ0v) is 13.9. The summed E-state index contributed by atoms with van der Waals surface area (Å²) >= 11 is 9.25. The predicted molar refractivity (Wildman–Crippen MR) is 87.9 cm³/mol. The number of amides is 2. The number of carboxylic acid groups (broad SMARTS) is 1. The van der Waals surface area contributed by atoms with Crippen LogP contribution in [-0.2, 0) is 0 Å². The fourth-order valence-electron chi connectivity index (χ4n) is 2.41. The Hall–Kier alpha value is -2.65. The monoisotopic (exact) mass is 411 g/mol. The first-order valence-corrected chi connectivity index (χ1v) is 7.53. The lowest BCUT2D eigenvalue weighted by Crippen LogP contribution is -2.24. The average molecular weight is 413 g/mol. The van der Waals surface area contributed by atoms with Crippen molar-refractivity contribution in [1.29, 1.82) is 0 Å². The molecule has 122 valence electrons. The molecule has 2 aromatic rings. The van der Waals surface area contributed by atoms with Crippen molar-refractivity contribution in [1.82, 2.24) is 9.88 Å². The molecule has 4 N–H and O–H groups in total. The molecule has 8 nitrogen and oxygen atoms in total. The van der Waals surface area contributed by atoms with Crippen molar-refractivity contribution < 1.29 is 19.5 Å². The number of aromatic nitrogens is 1. The van der Waals surface area contributed by atoms with Crippen molar-refractivity contribution in [2.75, 3.05) is 5.73 Å². The van der Waals surface area contributed by atoms with Gasteiger partial charge in [0.15, 0.2) is 0 Å². The zero-order chi connectivity index (χ0) is 17.8. The molecule has 0 fully saturated rings. The third-order valence-corrected chi connectivity index (χ3v) is 4.33. The Labute approximate surface area is 147 Å². The number of nitrogen functional groups attached to an aromatic ring is 1. The number of rotatable bonds is 2. The topological polar surface area (TPSA) is 131 Å². The van der Waals surface area contributed by atoms with Crippen LogP contribution in [0.3, 0.4) is 0 Å². The molecule has 2 heterocycles. The number of nitrogens with one attached hydrogen (secondary N) is 1. The SMILES string of the molecule is Nc1c2c(cc(=O)n1-c1c(Cl)cc(C(=O)O)cc1Br)C(=O)NC2=O. The zero-order valence-electron chi connectivity index (χ0n) is 11.6. The summed E-state index contributed by atoms with van der Waals surface area (Å²) in [5.41, 5.74) is 4.93. The number of fused-ring (bicyclic) bond motifs is 1. The number of benzene rings is 1.